The standard InChI is InChI=1S/C16H13NO3S/c18-21(19,20)14-9-10-15-12(11-14)5-4-8-16(15)17-13-6-2-1-3-7-13/h1-11,17H,(H,18,19,20). The smallest absolute Gasteiger partial charge is 0.294 e. The van der Waals surface area contributed by atoms with E-state index in [2.05, 4.69) is 5.32 Å². The van der Waals surface area contributed by atoms with E-state index in [0.717, 1.165) is 22.1 Å². The monoisotopic (exact) mass is 299 g/mol. The van der Waals surface area contributed by atoms with E-state index >= 15 is 0 Å². The molecule has 106 valence electrons. The summed E-state index contributed by atoms with van der Waals surface area (Å²) in [5.41, 5.74) is 1.82. The number of nitrogens with one attached hydrogen (secondary N) is 1. The topological polar surface area (TPSA) is 66.4 Å². The van der Waals surface area contributed by atoms with Gasteiger partial charge in [-0.3, -0.25) is 4.55 Å². The van der Waals surface area contributed by atoms with Crippen LogP contribution in [0.5, 0.6) is 0 Å². The van der Waals surface area contributed by atoms with E-state index < -0.39 is 10.1 Å². The molecule has 3 rings (SSSR count). The summed E-state index contributed by atoms with van der Waals surface area (Å²) in [7, 11) is -4.19. The van der Waals surface area contributed by atoms with Gasteiger partial charge in [0, 0.05) is 16.8 Å². The van der Waals surface area contributed by atoms with Crippen LogP contribution in [0, 0.1) is 0 Å². The molecule has 0 bridgehead atoms. The first-order chi connectivity index (χ1) is 10.0. The summed E-state index contributed by atoms with van der Waals surface area (Å²) in [6.07, 6.45) is 0. The maximum absolute atomic E-state index is 11.2. The van der Waals surface area contributed by atoms with Gasteiger partial charge in [-0.05, 0) is 35.7 Å². The minimum atomic E-state index is -4.19. The molecule has 0 aliphatic heterocycles. The quantitative estimate of drug-likeness (QED) is 0.721. The first-order valence-corrected chi connectivity index (χ1v) is 7.80. The molecule has 0 aromatic heterocycles. The van der Waals surface area contributed by atoms with Gasteiger partial charge in [0.2, 0.25) is 0 Å². The highest BCUT2D eigenvalue weighted by molar-refractivity contribution is 7.85. The van der Waals surface area contributed by atoms with Crippen LogP contribution in [0.25, 0.3) is 10.8 Å². The van der Waals surface area contributed by atoms with Crippen LogP contribution in [0.2, 0.25) is 0 Å². The summed E-state index contributed by atoms with van der Waals surface area (Å²) in [4.78, 5) is -0.105. The lowest BCUT2D eigenvalue weighted by Crippen LogP contribution is -1.98. The highest BCUT2D eigenvalue weighted by Gasteiger charge is 2.10. The molecule has 0 unspecified atom stereocenters. The zero-order valence-electron chi connectivity index (χ0n) is 11.0. The maximum atomic E-state index is 11.2. The van der Waals surface area contributed by atoms with Gasteiger partial charge in [-0.1, -0.05) is 36.4 Å². The van der Waals surface area contributed by atoms with Crippen molar-refractivity contribution in [2.75, 3.05) is 5.32 Å². The zero-order valence-corrected chi connectivity index (χ0v) is 11.8. The Kier molecular flexibility index (Phi) is 3.37. The number of para-hydroxylation sites is 1. The number of benzene rings is 3. The van der Waals surface area contributed by atoms with Crippen LogP contribution < -0.4 is 5.32 Å². The van der Waals surface area contributed by atoms with Crippen molar-refractivity contribution in [2.24, 2.45) is 0 Å². The minimum Gasteiger partial charge on any atom is -0.355 e. The van der Waals surface area contributed by atoms with Crippen molar-refractivity contribution >= 4 is 32.3 Å². The van der Waals surface area contributed by atoms with Crippen LogP contribution >= 0.6 is 0 Å². The first kappa shape index (κ1) is 13.6. The zero-order chi connectivity index (χ0) is 14.9. The third-order valence-electron chi connectivity index (χ3n) is 3.20. The van der Waals surface area contributed by atoms with E-state index in [1.807, 2.05) is 42.5 Å². The second-order valence-corrected chi connectivity index (χ2v) is 6.08. The summed E-state index contributed by atoms with van der Waals surface area (Å²) < 4.78 is 31.5. The van der Waals surface area contributed by atoms with Crippen molar-refractivity contribution in [3.8, 4) is 0 Å². The molecule has 0 saturated carbocycles. The third-order valence-corrected chi connectivity index (χ3v) is 4.05. The van der Waals surface area contributed by atoms with Crippen LogP contribution in [-0.2, 0) is 10.1 Å². The molecule has 0 saturated heterocycles. The van der Waals surface area contributed by atoms with Gasteiger partial charge in [0.05, 0.1) is 4.90 Å². The fourth-order valence-corrected chi connectivity index (χ4v) is 2.72. The van der Waals surface area contributed by atoms with Gasteiger partial charge in [-0.15, -0.1) is 0 Å². The van der Waals surface area contributed by atoms with Crippen molar-refractivity contribution in [3.05, 3.63) is 66.7 Å². The van der Waals surface area contributed by atoms with E-state index in [4.69, 9.17) is 4.55 Å². The van der Waals surface area contributed by atoms with Crippen LogP contribution in [0.4, 0.5) is 11.4 Å². The van der Waals surface area contributed by atoms with E-state index in [1.54, 1.807) is 12.1 Å². The van der Waals surface area contributed by atoms with E-state index in [9.17, 15) is 8.42 Å². The van der Waals surface area contributed by atoms with E-state index in [-0.39, 0.29) is 4.90 Å². The summed E-state index contributed by atoms with van der Waals surface area (Å²) >= 11 is 0. The molecule has 0 aliphatic carbocycles. The number of rotatable bonds is 3. The fourth-order valence-electron chi connectivity index (χ4n) is 2.21. The van der Waals surface area contributed by atoms with Crippen LogP contribution in [0.15, 0.2) is 71.6 Å². The molecule has 2 N–H and O–H groups in total. The van der Waals surface area contributed by atoms with Gasteiger partial charge in [-0.2, -0.15) is 8.42 Å². The van der Waals surface area contributed by atoms with Crippen molar-refractivity contribution in [1.82, 2.24) is 0 Å². The summed E-state index contributed by atoms with van der Waals surface area (Å²) in [6.45, 7) is 0. The molecule has 0 aliphatic rings. The van der Waals surface area contributed by atoms with Gasteiger partial charge >= 0.3 is 0 Å². The summed E-state index contributed by atoms with van der Waals surface area (Å²) in [5, 5.41) is 4.92. The van der Waals surface area contributed by atoms with E-state index in [0.29, 0.717) is 0 Å². The van der Waals surface area contributed by atoms with Gasteiger partial charge in [0.15, 0.2) is 0 Å². The Morgan fingerprint density at radius 3 is 2.33 bits per heavy atom. The predicted octanol–water partition coefficient (Wildman–Crippen LogP) is 3.83. The lowest BCUT2D eigenvalue weighted by Gasteiger charge is -2.10. The summed E-state index contributed by atoms with van der Waals surface area (Å²) in [5.74, 6) is 0. The highest BCUT2D eigenvalue weighted by Crippen LogP contribution is 2.28. The Bertz CT molecular complexity index is 890. The Morgan fingerprint density at radius 2 is 1.62 bits per heavy atom. The normalized spacial score (nSPS) is 11.5. The molecule has 4 nitrogen and oxygen atoms in total. The van der Waals surface area contributed by atoms with Crippen LogP contribution in [-0.4, -0.2) is 13.0 Å². The van der Waals surface area contributed by atoms with Gasteiger partial charge in [0.25, 0.3) is 10.1 Å². The molecule has 0 fully saturated rings. The molecule has 0 amide bonds. The Morgan fingerprint density at radius 1 is 0.857 bits per heavy atom. The largest absolute Gasteiger partial charge is 0.355 e. The van der Waals surface area contributed by atoms with Gasteiger partial charge in [-0.25, -0.2) is 0 Å². The van der Waals surface area contributed by atoms with Gasteiger partial charge < -0.3 is 5.32 Å². The Hall–Kier alpha value is -2.37. The Balaban J connectivity index is 2.09. The second-order valence-electron chi connectivity index (χ2n) is 4.65. The first-order valence-electron chi connectivity index (χ1n) is 6.36. The second kappa shape index (κ2) is 5.20. The average Bonchev–Trinajstić information content (AvgIpc) is 2.47. The number of hydrogen-bond acceptors (Lipinski definition) is 3. The van der Waals surface area contributed by atoms with Crippen LogP contribution in [0.1, 0.15) is 0 Å². The van der Waals surface area contributed by atoms with Crippen molar-refractivity contribution in [2.45, 2.75) is 4.90 Å². The molecule has 0 radical (unpaired) electrons. The van der Waals surface area contributed by atoms with Gasteiger partial charge in [0.1, 0.15) is 0 Å². The molecule has 0 heterocycles. The van der Waals surface area contributed by atoms with Crippen LogP contribution in [0.3, 0.4) is 0 Å². The third kappa shape index (κ3) is 2.89. The molecule has 5 heteroatoms. The van der Waals surface area contributed by atoms with Crippen molar-refractivity contribution in [3.63, 3.8) is 0 Å². The SMILES string of the molecule is O=S(=O)(O)c1ccc2c(Nc3ccccc3)cccc2c1. The molecular weight excluding hydrogens is 286 g/mol. The summed E-state index contributed by atoms with van der Waals surface area (Å²) in [6, 6.07) is 19.8. The van der Waals surface area contributed by atoms with Crippen molar-refractivity contribution < 1.29 is 13.0 Å². The number of hydrogen-bond donors (Lipinski definition) is 2. The molecular formula is C16H13NO3S. The minimum absolute atomic E-state index is 0.105. The fraction of sp³-hybridized carbons (Fsp3) is 0. The lowest BCUT2D eigenvalue weighted by molar-refractivity contribution is 0.483. The maximum Gasteiger partial charge on any atom is 0.294 e. The number of anilines is 2. The highest BCUT2D eigenvalue weighted by atomic mass is 32.2. The molecule has 3 aromatic rings. The Labute approximate surface area is 122 Å². The van der Waals surface area contributed by atoms with Crippen molar-refractivity contribution in [1.29, 1.82) is 0 Å². The molecule has 3 aromatic carbocycles. The number of fused-ring (bicyclic) bond motifs is 1. The average molecular weight is 299 g/mol. The molecule has 0 spiro atoms. The van der Waals surface area contributed by atoms with E-state index in [1.165, 1.54) is 12.1 Å². The molecule has 21 heavy (non-hydrogen) atoms. The molecule has 0 atom stereocenters. The lowest BCUT2D eigenvalue weighted by atomic mass is 10.1. The predicted molar refractivity (Wildman–Crippen MR) is 83.5 cm³/mol.